The number of anilines is 1. The van der Waals surface area contributed by atoms with Crippen LogP contribution in [0.1, 0.15) is 29.4 Å². The van der Waals surface area contributed by atoms with Crippen LogP contribution in [0.25, 0.3) is 0 Å². The van der Waals surface area contributed by atoms with Gasteiger partial charge in [0.25, 0.3) is 15.9 Å². The highest BCUT2D eigenvalue weighted by Gasteiger charge is 2.65. The van der Waals surface area contributed by atoms with Gasteiger partial charge in [-0.3, -0.25) is 4.79 Å². The zero-order valence-corrected chi connectivity index (χ0v) is 18.3. The van der Waals surface area contributed by atoms with Crippen LogP contribution in [0.4, 0.5) is 27.6 Å². The summed E-state index contributed by atoms with van der Waals surface area (Å²) in [5.41, 5.74) is -3.79. The van der Waals surface area contributed by atoms with Gasteiger partial charge in [-0.25, -0.2) is 27.3 Å². The zero-order valence-electron chi connectivity index (χ0n) is 20.5. The molecule has 4 atom stereocenters. The first kappa shape index (κ1) is 21.7. The highest BCUT2D eigenvalue weighted by atomic mass is 32.2. The Morgan fingerprint density at radius 1 is 1.29 bits per heavy atom. The van der Waals surface area contributed by atoms with Crippen molar-refractivity contribution in [3.05, 3.63) is 47.7 Å². The normalized spacial score (nSPS) is 26.9. The molecule has 2 aromatic rings. The van der Waals surface area contributed by atoms with Crippen LogP contribution in [0.2, 0.25) is 0 Å². The Morgan fingerprint density at radius 2 is 1.94 bits per heavy atom. The molecule has 1 aromatic heterocycles. The highest BCUT2D eigenvalue weighted by molar-refractivity contribution is 7.89. The maximum Gasteiger partial charge on any atom is 0.417 e. The molecule has 8 nitrogen and oxygen atoms in total. The van der Waals surface area contributed by atoms with Gasteiger partial charge >= 0.3 is 6.18 Å². The largest absolute Gasteiger partial charge is 0.496 e. The SMILES string of the molecule is [2H]C([2H])([2H])Oc1cc(F)c(F)cc1[C@H]1[C@H](C(=O)Nc2ccnc(S(N)(=O)=O)c2)O[C@@](C)(C(F)(F)F)[C@H]1C. The molecule has 0 spiro atoms. The quantitative estimate of drug-likeness (QED) is 0.594. The zero-order chi connectivity index (χ0) is 28.1. The molecule has 186 valence electrons. The molecule has 0 unspecified atom stereocenters. The molecule has 0 radical (unpaired) electrons. The first-order chi connectivity index (χ1) is 16.7. The van der Waals surface area contributed by atoms with Crippen molar-refractivity contribution < 1.29 is 48.8 Å². The van der Waals surface area contributed by atoms with Crippen molar-refractivity contribution in [1.29, 1.82) is 0 Å². The fraction of sp³-hybridized carbons (Fsp3) is 0.400. The second-order valence-electron chi connectivity index (χ2n) is 7.78. The third-order valence-corrected chi connectivity index (χ3v) is 6.55. The van der Waals surface area contributed by atoms with Gasteiger partial charge in [0.05, 0.1) is 11.2 Å². The number of nitrogens with zero attached hydrogens (tertiary/aromatic N) is 1. The van der Waals surface area contributed by atoms with Crippen LogP contribution in [-0.4, -0.2) is 44.2 Å². The number of carbonyl (C=O) groups excluding carboxylic acids is 1. The van der Waals surface area contributed by atoms with Crippen molar-refractivity contribution >= 4 is 21.6 Å². The molecule has 14 heteroatoms. The summed E-state index contributed by atoms with van der Waals surface area (Å²) >= 11 is 0. The number of hydrogen-bond acceptors (Lipinski definition) is 6. The number of hydrogen-bond donors (Lipinski definition) is 2. The second kappa shape index (κ2) is 8.74. The monoisotopic (exact) mass is 512 g/mol. The Kier molecular flexibility index (Phi) is 5.57. The molecular formula is C20H20F5N3O5S. The molecule has 34 heavy (non-hydrogen) atoms. The first-order valence-corrected chi connectivity index (χ1v) is 11.0. The number of aromatic nitrogens is 1. The van der Waals surface area contributed by atoms with E-state index in [2.05, 4.69) is 10.3 Å². The van der Waals surface area contributed by atoms with Gasteiger partial charge in [-0.15, -0.1) is 0 Å². The predicted molar refractivity (Wildman–Crippen MR) is 108 cm³/mol. The Labute approximate surface area is 195 Å². The predicted octanol–water partition coefficient (Wildman–Crippen LogP) is 3.09. The van der Waals surface area contributed by atoms with Gasteiger partial charge in [0, 0.05) is 41.4 Å². The van der Waals surface area contributed by atoms with Crippen LogP contribution in [0.3, 0.4) is 0 Å². The minimum Gasteiger partial charge on any atom is -0.496 e. The molecule has 1 amide bonds. The number of benzene rings is 1. The van der Waals surface area contributed by atoms with Crippen LogP contribution in [0, 0.1) is 17.6 Å². The summed E-state index contributed by atoms with van der Waals surface area (Å²) in [4.78, 5) is 16.7. The number of methoxy groups -OCH3 is 1. The summed E-state index contributed by atoms with van der Waals surface area (Å²) in [6.07, 6.45) is -6.14. The number of sulfonamides is 1. The van der Waals surface area contributed by atoms with E-state index in [9.17, 15) is 35.2 Å². The summed E-state index contributed by atoms with van der Waals surface area (Å²) in [5.74, 6) is -8.47. The summed E-state index contributed by atoms with van der Waals surface area (Å²) < 4.78 is 125. The second-order valence-corrected chi connectivity index (χ2v) is 9.29. The molecule has 1 saturated heterocycles. The number of pyridine rings is 1. The summed E-state index contributed by atoms with van der Waals surface area (Å²) in [6.45, 7) is 1.69. The van der Waals surface area contributed by atoms with Crippen LogP contribution in [-0.2, 0) is 19.6 Å². The Bertz CT molecular complexity index is 1330. The minimum absolute atomic E-state index is 0.233. The van der Waals surface area contributed by atoms with Gasteiger partial charge in [-0.1, -0.05) is 6.92 Å². The summed E-state index contributed by atoms with van der Waals surface area (Å²) in [6, 6.07) is 2.74. The number of halogens is 5. The van der Waals surface area contributed by atoms with Gasteiger partial charge < -0.3 is 14.8 Å². The van der Waals surface area contributed by atoms with Crippen LogP contribution < -0.4 is 15.2 Å². The van der Waals surface area contributed by atoms with Crippen molar-refractivity contribution in [2.45, 2.75) is 42.7 Å². The van der Waals surface area contributed by atoms with E-state index in [4.69, 9.17) is 18.7 Å². The number of primary sulfonamides is 1. The van der Waals surface area contributed by atoms with Crippen LogP contribution in [0.5, 0.6) is 5.75 Å². The Morgan fingerprint density at radius 3 is 2.53 bits per heavy atom. The summed E-state index contributed by atoms with van der Waals surface area (Å²) in [5, 5.41) is 6.53. The topological polar surface area (TPSA) is 121 Å². The molecule has 1 aliphatic rings. The van der Waals surface area contributed by atoms with E-state index >= 15 is 0 Å². The van der Waals surface area contributed by atoms with E-state index in [-0.39, 0.29) is 5.69 Å². The van der Waals surface area contributed by atoms with Crippen molar-refractivity contribution in [1.82, 2.24) is 4.98 Å². The Balaban J connectivity index is 2.13. The number of nitrogens with two attached hydrogens (primary N) is 1. The number of alkyl halides is 3. The van der Waals surface area contributed by atoms with Crippen LogP contribution >= 0.6 is 0 Å². The molecule has 3 N–H and O–H groups in total. The van der Waals surface area contributed by atoms with Crippen LogP contribution in [0.15, 0.2) is 35.5 Å². The molecule has 1 aliphatic heterocycles. The lowest BCUT2D eigenvalue weighted by Gasteiger charge is -2.32. The number of ether oxygens (including phenoxy) is 2. The van der Waals surface area contributed by atoms with Crippen molar-refractivity contribution in [3.8, 4) is 5.75 Å². The lowest BCUT2D eigenvalue weighted by Crippen LogP contribution is -2.47. The van der Waals surface area contributed by atoms with Gasteiger partial charge in [0.2, 0.25) is 0 Å². The average Bonchev–Trinajstić information content (AvgIpc) is 3.01. The lowest BCUT2D eigenvalue weighted by atomic mass is 9.77. The fourth-order valence-electron chi connectivity index (χ4n) is 3.77. The van der Waals surface area contributed by atoms with Gasteiger partial charge in [-0.2, -0.15) is 13.2 Å². The lowest BCUT2D eigenvalue weighted by molar-refractivity contribution is -0.272. The van der Waals surface area contributed by atoms with Crippen molar-refractivity contribution in [2.24, 2.45) is 11.1 Å². The number of amides is 1. The van der Waals surface area contributed by atoms with Gasteiger partial charge in [0.1, 0.15) is 11.9 Å². The molecule has 1 fully saturated rings. The van der Waals surface area contributed by atoms with E-state index < -0.39 is 80.7 Å². The smallest absolute Gasteiger partial charge is 0.417 e. The average molecular weight is 512 g/mol. The van der Waals surface area contributed by atoms with E-state index in [1.165, 1.54) is 0 Å². The fourth-order valence-corrected chi connectivity index (χ4v) is 4.27. The maximum atomic E-state index is 14.2. The molecule has 1 aromatic carbocycles. The number of nitrogens with one attached hydrogen (secondary N) is 1. The van der Waals surface area contributed by atoms with E-state index in [1.54, 1.807) is 0 Å². The van der Waals surface area contributed by atoms with E-state index in [0.29, 0.717) is 19.1 Å². The maximum absolute atomic E-state index is 14.2. The molecular weight excluding hydrogens is 489 g/mol. The summed E-state index contributed by atoms with van der Waals surface area (Å²) in [7, 11) is -7.50. The van der Waals surface area contributed by atoms with Gasteiger partial charge in [-0.05, 0) is 19.1 Å². The first-order valence-electron chi connectivity index (χ1n) is 11.0. The number of rotatable bonds is 5. The molecule has 0 bridgehead atoms. The van der Waals surface area contributed by atoms with E-state index in [1.807, 2.05) is 0 Å². The molecule has 0 aliphatic carbocycles. The highest BCUT2D eigenvalue weighted by Crippen LogP contribution is 2.54. The number of carbonyl (C=O) groups is 1. The van der Waals surface area contributed by atoms with Gasteiger partial charge in [0.15, 0.2) is 22.3 Å². The Hall–Kier alpha value is -2.84. The molecule has 2 heterocycles. The van der Waals surface area contributed by atoms with Crippen molar-refractivity contribution in [3.63, 3.8) is 0 Å². The van der Waals surface area contributed by atoms with E-state index in [0.717, 1.165) is 25.3 Å². The third kappa shape index (κ3) is 4.57. The molecule has 3 rings (SSSR count). The molecule has 0 saturated carbocycles. The van der Waals surface area contributed by atoms with Crippen molar-refractivity contribution in [2.75, 3.05) is 12.4 Å². The standard InChI is InChI=1S/C20H20F5N3O5S/c1-9-16(11-7-12(21)13(22)8-14(11)32-3)17(33-19(9,2)20(23,24)25)18(29)28-10-4-5-27-15(6-10)34(26,30)31/h4-9,16-17H,1-3H3,(H2,26,30,31)(H,27,28,29)/t9-,16-,17+,19+/m0/s1/i3D3. The third-order valence-electron chi connectivity index (χ3n) is 5.74. The minimum atomic E-state index is -5.05.